The summed E-state index contributed by atoms with van der Waals surface area (Å²) in [7, 11) is 3.72. The second-order valence-corrected chi connectivity index (χ2v) is 3.67. The summed E-state index contributed by atoms with van der Waals surface area (Å²) in [5.41, 5.74) is 7.63. The van der Waals surface area contributed by atoms with E-state index >= 15 is 0 Å². The third-order valence-electron chi connectivity index (χ3n) is 2.36. The third kappa shape index (κ3) is 3.40. The van der Waals surface area contributed by atoms with Gasteiger partial charge in [0.25, 0.3) is 0 Å². The third-order valence-corrected chi connectivity index (χ3v) is 2.36. The van der Waals surface area contributed by atoms with E-state index in [9.17, 15) is 0 Å². The molecule has 0 amide bonds. The minimum Gasteiger partial charge on any atom is -0.398 e. The topological polar surface area (TPSA) is 51.4 Å². The highest BCUT2D eigenvalue weighted by molar-refractivity contribution is 5.54. The smallest absolute Gasteiger partial charge is 0.130 e. The van der Waals surface area contributed by atoms with Crippen LogP contribution in [0.15, 0.2) is 12.3 Å². The van der Waals surface area contributed by atoms with E-state index in [0.717, 1.165) is 36.6 Å². The van der Waals surface area contributed by atoms with Crippen LogP contribution in [-0.4, -0.2) is 32.3 Å². The van der Waals surface area contributed by atoms with Gasteiger partial charge in [-0.2, -0.15) is 0 Å². The zero-order chi connectivity index (χ0) is 11.3. The molecule has 0 saturated carbocycles. The summed E-state index contributed by atoms with van der Waals surface area (Å²) in [4.78, 5) is 6.40. The van der Waals surface area contributed by atoms with Crippen molar-refractivity contribution in [3.63, 3.8) is 0 Å². The van der Waals surface area contributed by atoms with Gasteiger partial charge in [-0.05, 0) is 18.9 Å². The maximum Gasteiger partial charge on any atom is 0.130 e. The molecule has 1 heterocycles. The number of hydrogen-bond acceptors (Lipinski definition) is 4. The second kappa shape index (κ2) is 5.56. The van der Waals surface area contributed by atoms with Gasteiger partial charge in [-0.15, -0.1) is 0 Å². The van der Waals surface area contributed by atoms with Crippen LogP contribution in [0, 0.1) is 6.92 Å². The highest BCUT2D eigenvalue weighted by Gasteiger charge is 2.03. The molecule has 84 valence electrons. The van der Waals surface area contributed by atoms with E-state index in [2.05, 4.69) is 9.88 Å². The molecule has 0 unspecified atom stereocenters. The first-order valence-corrected chi connectivity index (χ1v) is 5.07. The molecule has 0 aromatic carbocycles. The maximum atomic E-state index is 5.82. The summed E-state index contributed by atoms with van der Waals surface area (Å²) >= 11 is 0. The van der Waals surface area contributed by atoms with E-state index in [0.29, 0.717) is 0 Å². The normalized spacial score (nSPS) is 10.3. The van der Waals surface area contributed by atoms with E-state index in [1.165, 1.54) is 0 Å². The Labute approximate surface area is 91.1 Å². The lowest BCUT2D eigenvalue weighted by Gasteiger charge is -2.18. The van der Waals surface area contributed by atoms with Crippen molar-refractivity contribution in [1.82, 2.24) is 4.98 Å². The quantitative estimate of drug-likeness (QED) is 0.746. The SMILES string of the molecule is COCCCN(C)c1cc(N)c(C)cn1. The van der Waals surface area contributed by atoms with Crippen molar-refractivity contribution in [2.24, 2.45) is 0 Å². The van der Waals surface area contributed by atoms with Gasteiger partial charge in [0.05, 0.1) is 0 Å². The Morgan fingerprint density at radius 3 is 2.87 bits per heavy atom. The minimum absolute atomic E-state index is 0.770. The molecule has 1 aromatic heterocycles. The van der Waals surface area contributed by atoms with Crippen LogP contribution >= 0.6 is 0 Å². The molecular formula is C11H19N3O. The van der Waals surface area contributed by atoms with E-state index in [1.54, 1.807) is 13.3 Å². The molecule has 0 bridgehead atoms. The fourth-order valence-electron chi connectivity index (χ4n) is 1.30. The Hall–Kier alpha value is -1.29. The fraction of sp³-hybridized carbons (Fsp3) is 0.545. The van der Waals surface area contributed by atoms with Crippen molar-refractivity contribution in [2.45, 2.75) is 13.3 Å². The Morgan fingerprint density at radius 1 is 1.53 bits per heavy atom. The molecule has 1 rings (SSSR count). The number of pyridine rings is 1. The monoisotopic (exact) mass is 209 g/mol. The average Bonchev–Trinajstić information content (AvgIpc) is 2.22. The first kappa shape index (κ1) is 11.8. The van der Waals surface area contributed by atoms with Crippen molar-refractivity contribution in [2.75, 3.05) is 37.9 Å². The van der Waals surface area contributed by atoms with Crippen LogP contribution in [0.5, 0.6) is 0 Å². The lowest BCUT2D eigenvalue weighted by atomic mass is 10.2. The predicted octanol–water partition coefficient (Wildman–Crippen LogP) is 1.44. The Bertz CT molecular complexity index is 315. The van der Waals surface area contributed by atoms with E-state index in [-0.39, 0.29) is 0 Å². The molecule has 4 heteroatoms. The summed E-state index contributed by atoms with van der Waals surface area (Å²) < 4.78 is 5.00. The number of methoxy groups -OCH3 is 1. The van der Waals surface area contributed by atoms with Gasteiger partial charge in [-0.3, -0.25) is 0 Å². The first-order valence-electron chi connectivity index (χ1n) is 5.07. The van der Waals surface area contributed by atoms with Gasteiger partial charge >= 0.3 is 0 Å². The number of nitrogen functional groups attached to an aromatic ring is 1. The maximum absolute atomic E-state index is 5.82. The fourth-order valence-corrected chi connectivity index (χ4v) is 1.30. The molecule has 0 fully saturated rings. The predicted molar refractivity (Wildman–Crippen MR) is 63.1 cm³/mol. The first-order chi connectivity index (χ1) is 7.15. The number of aryl methyl sites for hydroxylation is 1. The molecule has 0 saturated heterocycles. The summed E-state index contributed by atoms with van der Waals surface area (Å²) in [5, 5.41) is 0. The van der Waals surface area contributed by atoms with Crippen LogP contribution in [0.1, 0.15) is 12.0 Å². The number of nitrogens with two attached hydrogens (primary N) is 1. The number of ether oxygens (including phenoxy) is 1. The summed E-state index contributed by atoms with van der Waals surface area (Å²) in [6.45, 7) is 3.64. The summed E-state index contributed by atoms with van der Waals surface area (Å²) in [6, 6.07) is 1.90. The molecule has 1 aromatic rings. The van der Waals surface area contributed by atoms with Crippen molar-refractivity contribution < 1.29 is 4.74 Å². The van der Waals surface area contributed by atoms with Crippen LogP contribution in [0.25, 0.3) is 0 Å². The molecule has 0 spiro atoms. The van der Waals surface area contributed by atoms with Crippen molar-refractivity contribution in [1.29, 1.82) is 0 Å². The molecule has 0 aliphatic carbocycles. The Kier molecular flexibility index (Phi) is 4.37. The zero-order valence-electron chi connectivity index (χ0n) is 9.66. The van der Waals surface area contributed by atoms with Gasteiger partial charge in [-0.25, -0.2) is 4.98 Å². The molecular weight excluding hydrogens is 190 g/mol. The molecule has 0 atom stereocenters. The van der Waals surface area contributed by atoms with Gasteiger partial charge in [0.1, 0.15) is 5.82 Å². The number of nitrogens with zero attached hydrogens (tertiary/aromatic N) is 2. The molecule has 15 heavy (non-hydrogen) atoms. The number of aromatic nitrogens is 1. The number of rotatable bonds is 5. The number of anilines is 2. The Balaban J connectivity index is 2.57. The van der Waals surface area contributed by atoms with Crippen LogP contribution in [0.4, 0.5) is 11.5 Å². The van der Waals surface area contributed by atoms with Crippen LogP contribution < -0.4 is 10.6 Å². The summed E-state index contributed by atoms with van der Waals surface area (Å²) in [5.74, 6) is 0.911. The molecule has 4 nitrogen and oxygen atoms in total. The molecule has 0 aliphatic rings. The largest absolute Gasteiger partial charge is 0.398 e. The number of hydrogen-bond donors (Lipinski definition) is 1. The Morgan fingerprint density at radius 2 is 2.27 bits per heavy atom. The van der Waals surface area contributed by atoms with Gasteiger partial charge in [0.2, 0.25) is 0 Å². The highest BCUT2D eigenvalue weighted by atomic mass is 16.5. The lowest BCUT2D eigenvalue weighted by Crippen LogP contribution is -2.21. The van der Waals surface area contributed by atoms with Gasteiger partial charge in [0.15, 0.2) is 0 Å². The van der Waals surface area contributed by atoms with Gasteiger partial charge in [0, 0.05) is 45.3 Å². The van der Waals surface area contributed by atoms with Crippen LogP contribution in [0.3, 0.4) is 0 Å². The van der Waals surface area contributed by atoms with E-state index < -0.39 is 0 Å². The summed E-state index contributed by atoms with van der Waals surface area (Å²) in [6.07, 6.45) is 2.79. The zero-order valence-corrected chi connectivity index (χ0v) is 9.66. The standard InChI is InChI=1S/C11H19N3O/c1-9-8-13-11(7-10(9)12)14(2)5-4-6-15-3/h7-8H,4-6H2,1-3H3,(H2,12,13). The van der Waals surface area contributed by atoms with Crippen molar-refractivity contribution >= 4 is 11.5 Å². The van der Waals surface area contributed by atoms with Crippen molar-refractivity contribution in [3.8, 4) is 0 Å². The van der Waals surface area contributed by atoms with Crippen LogP contribution in [-0.2, 0) is 4.74 Å². The van der Waals surface area contributed by atoms with Crippen molar-refractivity contribution in [3.05, 3.63) is 17.8 Å². The molecule has 2 N–H and O–H groups in total. The van der Waals surface area contributed by atoms with E-state index in [1.807, 2.05) is 20.0 Å². The van der Waals surface area contributed by atoms with Gasteiger partial charge < -0.3 is 15.4 Å². The molecule has 0 radical (unpaired) electrons. The molecule has 0 aliphatic heterocycles. The van der Waals surface area contributed by atoms with Gasteiger partial charge in [-0.1, -0.05) is 0 Å². The van der Waals surface area contributed by atoms with E-state index in [4.69, 9.17) is 10.5 Å². The average molecular weight is 209 g/mol. The lowest BCUT2D eigenvalue weighted by molar-refractivity contribution is 0.196. The minimum atomic E-state index is 0.770. The highest BCUT2D eigenvalue weighted by Crippen LogP contribution is 2.16. The second-order valence-electron chi connectivity index (χ2n) is 3.67. The van der Waals surface area contributed by atoms with Crippen LogP contribution in [0.2, 0.25) is 0 Å².